The number of aromatic nitrogens is 3. The van der Waals surface area contributed by atoms with Crippen molar-refractivity contribution in [1.82, 2.24) is 14.3 Å². The molecule has 6 rings (SSSR count). The number of nitrogens with zero attached hydrogens (tertiary/aromatic N) is 3. The molecule has 3 heterocycles. The number of hydrogen-bond acceptors (Lipinski definition) is 4. The lowest BCUT2D eigenvalue weighted by Crippen LogP contribution is -2.21. The highest BCUT2D eigenvalue weighted by Crippen LogP contribution is 2.39. The lowest BCUT2D eigenvalue weighted by Gasteiger charge is -2.19. The maximum atomic E-state index is 13.5. The zero-order valence-corrected chi connectivity index (χ0v) is 28.4. The molecule has 0 atom stereocenters. The van der Waals surface area contributed by atoms with Gasteiger partial charge in [0.1, 0.15) is 18.0 Å². The molecule has 0 amide bonds. The molecule has 2 aromatic carbocycles. The Morgan fingerprint density at radius 3 is 2.52 bits per heavy atom. The summed E-state index contributed by atoms with van der Waals surface area (Å²) in [5, 5.41) is 15.5. The summed E-state index contributed by atoms with van der Waals surface area (Å²) < 4.78 is 55.3. The van der Waals surface area contributed by atoms with Gasteiger partial charge in [0.05, 0.1) is 30.1 Å². The largest absolute Gasteiger partial charge is 0.493 e. The molecule has 4 aromatic rings. The first-order valence-corrected chi connectivity index (χ1v) is 17.5. The van der Waals surface area contributed by atoms with Crippen LogP contribution in [0.25, 0.3) is 22.0 Å². The normalized spacial score (nSPS) is 14.8. The number of aryl methyl sites for hydroxylation is 4. The summed E-state index contributed by atoms with van der Waals surface area (Å²) in [7, 11) is 0. The van der Waals surface area contributed by atoms with E-state index in [1.165, 1.54) is 36.8 Å². The fourth-order valence-corrected chi connectivity index (χ4v) is 7.14. The lowest BCUT2D eigenvalue weighted by atomic mass is 9.91. The summed E-state index contributed by atoms with van der Waals surface area (Å²) in [4.78, 5) is 12.8. The number of aromatic carboxylic acids is 1. The van der Waals surface area contributed by atoms with Gasteiger partial charge in [0, 0.05) is 29.7 Å². The first-order chi connectivity index (χ1) is 23.1. The van der Waals surface area contributed by atoms with Gasteiger partial charge in [-0.2, -0.15) is 18.3 Å². The van der Waals surface area contributed by atoms with E-state index in [1.807, 2.05) is 34.9 Å². The molecule has 0 radical (unpaired) electrons. The third-order valence-corrected chi connectivity index (χ3v) is 9.27. The van der Waals surface area contributed by atoms with Gasteiger partial charge in [-0.3, -0.25) is 4.68 Å². The molecule has 2 aromatic heterocycles. The number of carbonyl (C=O) groups is 1. The maximum Gasteiger partial charge on any atom is 0.408 e. The number of fused-ring (bicyclic) bond motifs is 3. The van der Waals surface area contributed by atoms with Crippen molar-refractivity contribution in [3.05, 3.63) is 70.2 Å². The summed E-state index contributed by atoms with van der Waals surface area (Å²) in [6.07, 6.45) is 6.48. The van der Waals surface area contributed by atoms with Gasteiger partial charge < -0.3 is 19.1 Å². The molecule has 1 N–H and O–H groups in total. The van der Waals surface area contributed by atoms with Gasteiger partial charge in [-0.05, 0) is 81.0 Å². The second kappa shape index (κ2) is 16.1. The van der Waals surface area contributed by atoms with E-state index in [2.05, 4.69) is 25.0 Å². The van der Waals surface area contributed by atoms with Crippen LogP contribution in [0.2, 0.25) is 0 Å². The summed E-state index contributed by atoms with van der Waals surface area (Å²) in [6, 6.07) is 11.8. The van der Waals surface area contributed by atoms with Crippen LogP contribution in [0.15, 0.2) is 36.4 Å². The van der Waals surface area contributed by atoms with Crippen molar-refractivity contribution in [2.75, 3.05) is 13.2 Å². The van der Waals surface area contributed by atoms with Crippen molar-refractivity contribution in [3.63, 3.8) is 0 Å². The number of alkyl halides is 3. The number of hydrogen-bond donors (Lipinski definition) is 1. The van der Waals surface area contributed by atoms with Gasteiger partial charge in [0.25, 0.3) is 0 Å². The highest BCUT2D eigenvalue weighted by molar-refractivity contribution is 6.04. The number of benzene rings is 2. The minimum absolute atomic E-state index is 0.0114. The summed E-state index contributed by atoms with van der Waals surface area (Å²) >= 11 is 0. The number of halogens is 3. The molecule has 0 saturated heterocycles. The first-order valence-electron chi connectivity index (χ1n) is 17.5. The number of unbranched alkanes of at least 4 members (excludes halogenated alkanes) is 2. The lowest BCUT2D eigenvalue weighted by molar-refractivity contribution is -0.143. The third-order valence-electron chi connectivity index (χ3n) is 9.27. The van der Waals surface area contributed by atoms with Gasteiger partial charge in [-0.25, -0.2) is 4.79 Å². The van der Waals surface area contributed by atoms with Gasteiger partial charge >= 0.3 is 12.1 Å². The molecule has 0 bridgehead atoms. The van der Waals surface area contributed by atoms with Crippen LogP contribution in [0.1, 0.15) is 104 Å². The zero-order valence-electron chi connectivity index (χ0n) is 28.4. The molecule has 2 aliphatic rings. The van der Waals surface area contributed by atoms with E-state index in [4.69, 9.17) is 9.47 Å². The molecule has 260 valence electrons. The molecule has 0 fully saturated rings. The number of para-hydroxylation sites is 1. The Morgan fingerprint density at radius 1 is 1.02 bits per heavy atom. The van der Waals surface area contributed by atoms with Crippen molar-refractivity contribution in [2.24, 2.45) is 0 Å². The van der Waals surface area contributed by atoms with Crippen LogP contribution in [0, 0.1) is 6.92 Å². The van der Waals surface area contributed by atoms with Crippen molar-refractivity contribution in [1.29, 1.82) is 0 Å². The zero-order chi connectivity index (χ0) is 34.3. The number of carboxylic acid groups (broad SMARTS) is 1. The van der Waals surface area contributed by atoms with Crippen LogP contribution < -0.4 is 4.74 Å². The van der Waals surface area contributed by atoms with Gasteiger partial charge in [0.2, 0.25) is 0 Å². The van der Waals surface area contributed by atoms with E-state index >= 15 is 0 Å². The smallest absolute Gasteiger partial charge is 0.408 e. The predicted molar refractivity (Wildman–Crippen MR) is 182 cm³/mol. The van der Waals surface area contributed by atoms with E-state index in [0.717, 1.165) is 40.6 Å². The molecule has 7 nitrogen and oxygen atoms in total. The van der Waals surface area contributed by atoms with Crippen molar-refractivity contribution in [3.8, 4) is 16.9 Å². The van der Waals surface area contributed by atoms with Crippen molar-refractivity contribution < 1.29 is 32.5 Å². The molecule has 48 heavy (non-hydrogen) atoms. The predicted octanol–water partition coefficient (Wildman–Crippen LogP) is 9.47. The number of rotatable bonds is 9. The maximum absolute atomic E-state index is 13.5. The molecule has 1 aliphatic heterocycles. The van der Waals surface area contributed by atoms with Crippen LogP contribution in [0.3, 0.4) is 0 Å². The first kappa shape index (κ1) is 35.5. The van der Waals surface area contributed by atoms with Gasteiger partial charge in [-0.1, -0.05) is 63.4 Å². The Kier molecular flexibility index (Phi) is 11.9. The highest BCUT2D eigenvalue weighted by atomic mass is 19.4. The van der Waals surface area contributed by atoms with E-state index in [1.54, 1.807) is 6.92 Å². The Labute approximate surface area is 281 Å². The van der Waals surface area contributed by atoms with Crippen LogP contribution in [-0.4, -0.2) is 44.8 Å². The quantitative estimate of drug-likeness (QED) is 0.180. The average molecular weight is 668 g/mol. The summed E-state index contributed by atoms with van der Waals surface area (Å²) in [5.41, 5.74) is 6.31. The Balaban J connectivity index is 0.000000840. The van der Waals surface area contributed by atoms with E-state index < -0.39 is 18.7 Å². The molecule has 0 spiro atoms. The number of carboxylic acids is 1. The summed E-state index contributed by atoms with van der Waals surface area (Å²) in [5.74, 6) is -0.109. The number of ether oxygens (including phenoxy) is 2. The second-order valence-corrected chi connectivity index (χ2v) is 12.8. The second-order valence-electron chi connectivity index (χ2n) is 12.8. The topological polar surface area (TPSA) is 78.5 Å². The summed E-state index contributed by atoms with van der Waals surface area (Å²) in [6.45, 7) is 6.14. The molecule has 10 heteroatoms. The molecule has 1 aliphatic carbocycles. The van der Waals surface area contributed by atoms with E-state index in [9.17, 15) is 23.1 Å². The fraction of sp³-hybridized carbons (Fsp3) is 0.526. The molecular weight excluding hydrogens is 619 g/mol. The standard InChI is InChI=1S/C33H36F3N3O4.C5H12/c1-21-29-26-13-7-12-24-25(14-8-18-43-28-15-6-10-22-9-2-3-11-23(22)28)31(32(40)41)38(30(24)26)16-4-5-17-42-19-27(29)39(37-21)20-33(34,35)36;1-3-5-4-2/h6-7,10,12-13,15H,2-5,8-9,11,14,16-20H2,1H3,(H,40,41);3-5H2,1-2H3. The van der Waals surface area contributed by atoms with Crippen LogP contribution >= 0.6 is 0 Å². The van der Waals surface area contributed by atoms with Crippen LogP contribution in [0.4, 0.5) is 13.2 Å². The van der Waals surface area contributed by atoms with Crippen LogP contribution in [-0.2, 0) is 43.7 Å². The highest BCUT2D eigenvalue weighted by Gasteiger charge is 2.33. The average Bonchev–Trinajstić information content (AvgIpc) is 3.52. The molecular formula is C38H48F3N3O4. The van der Waals surface area contributed by atoms with Crippen molar-refractivity contribution in [2.45, 2.75) is 117 Å². The van der Waals surface area contributed by atoms with Gasteiger partial charge in [-0.15, -0.1) is 0 Å². The minimum Gasteiger partial charge on any atom is -0.493 e. The molecule has 0 unspecified atom stereocenters. The Hall–Kier alpha value is -3.79. The van der Waals surface area contributed by atoms with E-state index in [0.29, 0.717) is 73.5 Å². The fourth-order valence-electron chi connectivity index (χ4n) is 7.14. The van der Waals surface area contributed by atoms with Gasteiger partial charge in [0.15, 0.2) is 0 Å². The van der Waals surface area contributed by atoms with Crippen molar-refractivity contribution >= 4 is 16.9 Å². The minimum atomic E-state index is -4.45. The Morgan fingerprint density at radius 2 is 1.79 bits per heavy atom. The monoisotopic (exact) mass is 667 g/mol. The Bertz CT molecular complexity index is 1700. The SMILES string of the molecule is CCCCC.Cc1nn(CC(F)(F)F)c2c1-c1cccc3c(CCCOc4cccc5c4CCCC5)c(C(=O)O)n(c13)CCCCOC2. The van der Waals surface area contributed by atoms with E-state index in [-0.39, 0.29) is 12.3 Å². The molecule has 0 saturated carbocycles. The third kappa shape index (κ3) is 8.08. The van der Waals surface area contributed by atoms with Crippen LogP contribution in [0.5, 0.6) is 5.75 Å².